The molecule has 1 aromatic carbocycles. The van der Waals surface area contributed by atoms with E-state index in [1.165, 1.54) is 24.8 Å². The molecule has 3 rings (SSSR count). The van der Waals surface area contributed by atoms with Crippen LogP contribution in [0.2, 0.25) is 0 Å². The summed E-state index contributed by atoms with van der Waals surface area (Å²) in [6.45, 7) is 0. The second kappa shape index (κ2) is 3.67. The first-order chi connectivity index (χ1) is 7.83. The Balaban J connectivity index is 1.95. The van der Waals surface area contributed by atoms with Gasteiger partial charge in [-0.15, -0.1) is 0 Å². The molecule has 1 fully saturated rings. The standard InChI is InChI=1S/C13H14N2O/c14-13-8-12(15-16-13)11-6-2-5-10(7-11)9-3-1-4-9/h2,5-9H,1,3-4,14H2. The molecule has 3 nitrogen and oxygen atoms in total. The number of benzene rings is 1. The quantitative estimate of drug-likeness (QED) is 0.835. The Bertz CT molecular complexity index is 500. The van der Waals surface area contributed by atoms with E-state index < -0.39 is 0 Å². The molecule has 3 heteroatoms. The highest BCUT2D eigenvalue weighted by molar-refractivity contribution is 5.62. The molecular formula is C13H14N2O. The second-order valence-electron chi connectivity index (χ2n) is 4.37. The zero-order valence-corrected chi connectivity index (χ0v) is 9.02. The van der Waals surface area contributed by atoms with E-state index in [2.05, 4.69) is 23.4 Å². The molecule has 0 atom stereocenters. The number of nitrogens with two attached hydrogens (primary N) is 1. The molecule has 1 aliphatic carbocycles. The van der Waals surface area contributed by atoms with Gasteiger partial charge < -0.3 is 10.3 Å². The largest absolute Gasteiger partial charge is 0.368 e. The number of aromatic nitrogens is 1. The van der Waals surface area contributed by atoms with Gasteiger partial charge in [0.05, 0.1) is 0 Å². The lowest BCUT2D eigenvalue weighted by molar-refractivity contribution is 0.419. The van der Waals surface area contributed by atoms with Gasteiger partial charge in [0.1, 0.15) is 5.69 Å². The van der Waals surface area contributed by atoms with Crippen molar-refractivity contribution in [2.24, 2.45) is 0 Å². The number of rotatable bonds is 2. The second-order valence-corrected chi connectivity index (χ2v) is 4.37. The number of nitrogen functional groups attached to an aromatic ring is 1. The third-order valence-corrected chi connectivity index (χ3v) is 3.29. The van der Waals surface area contributed by atoms with Crippen molar-refractivity contribution < 1.29 is 4.52 Å². The number of anilines is 1. The molecule has 1 aliphatic rings. The van der Waals surface area contributed by atoms with Gasteiger partial charge in [-0.1, -0.05) is 29.8 Å². The number of hydrogen-bond donors (Lipinski definition) is 1. The SMILES string of the molecule is Nc1cc(-c2cccc(C3CCC3)c2)no1. The van der Waals surface area contributed by atoms with E-state index in [0.717, 1.165) is 17.2 Å². The summed E-state index contributed by atoms with van der Waals surface area (Å²) in [5.41, 5.74) is 8.84. The fourth-order valence-electron chi connectivity index (χ4n) is 2.12. The minimum atomic E-state index is 0.365. The highest BCUT2D eigenvalue weighted by Gasteiger charge is 2.19. The van der Waals surface area contributed by atoms with Crippen LogP contribution >= 0.6 is 0 Å². The monoisotopic (exact) mass is 214 g/mol. The van der Waals surface area contributed by atoms with Gasteiger partial charge in [0, 0.05) is 11.6 Å². The third-order valence-electron chi connectivity index (χ3n) is 3.29. The molecule has 82 valence electrons. The van der Waals surface area contributed by atoms with Crippen LogP contribution in [0.25, 0.3) is 11.3 Å². The van der Waals surface area contributed by atoms with Crippen LogP contribution in [-0.2, 0) is 0 Å². The molecule has 1 aromatic heterocycles. The third kappa shape index (κ3) is 1.58. The van der Waals surface area contributed by atoms with Crippen molar-refractivity contribution in [3.8, 4) is 11.3 Å². The van der Waals surface area contributed by atoms with E-state index in [1.807, 2.05) is 6.07 Å². The summed E-state index contributed by atoms with van der Waals surface area (Å²) < 4.78 is 4.89. The summed E-state index contributed by atoms with van der Waals surface area (Å²) in [5.74, 6) is 1.10. The van der Waals surface area contributed by atoms with Crippen molar-refractivity contribution in [3.05, 3.63) is 35.9 Å². The molecule has 0 bridgehead atoms. The molecule has 0 amide bonds. The summed E-state index contributed by atoms with van der Waals surface area (Å²) in [5, 5.41) is 3.93. The average Bonchev–Trinajstić information content (AvgIpc) is 2.63. The Morgan fingerprint density at radius 2 is 2.12 bits per heavy atom. The molecule has 0 unspecified atom stereocenters. The lowest BCUT2D eigenvalue weighted by Crippen LogP contribution is -2.08. The van der Waals surface area contributed by atoms with Crippen LogP contribution in [0.1, 0.15) is 30.7 Å². The van der Waals surface area contributed by atoms with Crippen molar-refractivity contribution in [2.75, 3.05) is 5.73 Å². The Morgan fingerprint density at radius 1 is 1.25 bits per heavy atom. The summed E-state index contributed by atoms with van der Waals surface area (Å²) >= 11 is 0. The van der Waals surface area contributed by atoms with Gasteiger partial charge in [0.25, 0.3) is 0 Å². The minimum absolute atomic E-state index is 0.365. The van der Waals surface area contributed by atoms with Gasteiger partial charge in [-0.05, 0) is 30.4 Å². The lowest BCUT2D eigenvalue weighted by atomic mass is 9.79. The summed E-state index contributed by atoms with van der Waals surface area (Å²) in [4.78, 5) is 0. The van der Waals surface area contributed by atoms with Crippen LogP contribution in [0.4, 0.5) is 5.88 Å². The van der Waals surface area contributed by atoms with Crippen LogP contribution in [0.5, 0.6) is 0 Å². The van der Waals surface area contributed by atoms with Crippen LogP contribution in [0.3, 0.4) is 0 Å². The van der Waals surface area contributed by atoms with E-state index in [9.17, 15) is 0 Å². The summed E-state index contributed by atoms with van der Waals surface area (Å²) in [6, 6.07) is 10.3. The van der Waals surface area contributed by atoms with Crippen LogP contribution in [0.15, 0.2) is 34.9 Å². The number of hydrogen-bond acceptors (Lipinski definition) is 3. The zero-order valence-electron chi connectivity index (χ0n) is 9.02. The van der Waals surface area contributed by atoms with Crippen LogP contribution < -0.4 is 5.73 Å². The molecule has 2 aromatic rings. The molecule has 1 heterocycles. The molecule has 0 spiro atoms. The lowest BCUT2D eigenvalue weighted by Gasteiger charge is -2.25. The zero-order chi connectivity index (χ0) is 11.0. The maximum absolute atomic E-state index is 5.52. The van der Waals surface area contributed by atoms with Gasteiger partial charge in [-0.2, -0.15) is 0 Å². The highest BCUT2D eigenvalue weighted by atomic mass is 16.5. The van der Waals surface area contributed by atoms with Gasteiger partial charge in [-0.3, -0.25) is 0 Å². The minimum Gasteiger partial charge on any atom is -0.368 e. The Morgan fingerprint density at radius 3 is 2.75 bits per heavy atom. The summed E-state index contributed by atoms with van der Waals surface area (Å²) in [6.07, 6.45) is 3.97. The van der Waals surface area contributed by atoms with Crippen molar-refractivity contribution in [2.45, 2.75) is 25.2 Å². The fraction of sp³-hybridized carbons (Fsp3) is 0.308. The normalized spacial score (nSPS) is 16.0. The Kier molecular flexibility index (Phi) is 2.17. The molecule has 2 N–H and O–H groups in total. The maximum Gasteiger partial charge on any atom is 0.222 e. The maximum atomic E-state index is 5.52. The van der Waals surface area contributed by atoms with Crippen molar-refractivity contribution >= 4 is 5.88 Å². The first-order valence-electron chi connectivity index (χ1n) is 5.65. The van der Waals surface area contributed by atoms with Crippen molar-refractivity contribution in [1.29, 1.82) is 0 Å². The molecule has 0 aliphatic heterocycles. The number of nitrogens with zero attached hydrogens (tertiary/aromatic N) is 1. The Hall–Kier alpha value is -1.77. The van der Waals surface area contributed by atoms with E-state index in [0.29, 0.717) is 5.88 Å². The first-order valence-corrected chi connectivity index (χ1v) is 5.65. The van der Waals surface area contributed by atoms with E-state index in [-0.39, 0.29) is 0 Å². The van der Waals surface area contributed by atoms with Crippen molar-refractivity contribution in [1.82, 2.24) is 5.16 Å². The average molecular weight is 214 g/mol. The van der Waals surface area contributed by atoms with Crippen LogP contribution in [0, 0.1) is 0 Å². The topological polar surface area (TPSA) is 52.0 Å². The van der Waals surface area contributed by atoms with E-state index in [4.69, 9.17) is 10.3 Å². The van der Waals surface area contributed by atoms with Crippen LogP contribution in [-0.4, -0.2) is 5.16 Å². The summed E-state index contributed by atoms with van der Waals surface area (Å²) in [7, 11) is 0. The van der Waals surface area contributed by atoms with E-state index >= 15 is 0 Å². The predicted octanol–water partition coefficient (Wildman–Crippen LogP) is 3.19. The van der Waals surface area contributed by atoms with Gasteiger partial charge in [0.15, 0.2) is 0 Å². The van der Waals surface area contributed by atoms with Gasteiger partial charge in [-0.25, -0.2) is 0 Å². The first kappa shape index (κ1) is 9.46. The molecule has 0 saturated heterocycles. The van der Waals surface area contributed by atoms with Gasteiger partial charge >= 0.3 is 0 Å². The molecule has 1 saturated carbocycles. The van der Waals surface area contributed by atoms with Crippen molar-refractivity contribution in [3.63, 3.8) is 0 Å². The molecule has 16 heavy (non-hydrogen) atoms. The fourth-order valence-corrected chi connectivity index (χ4v) is 2.12. The highest BCUT2D eigenvalue weighted by Crippen LogP contribution is 2.37. The molecular weight excluding hydrogens is 200 g/mol. The molecule has 0 radical (unpaired) electrons. The Labute approximate surface area is 94.2 Å². The van der Waals surface area contributed by atoms with Gasteiger partial charge in [0.2, 0.25) is 5.88 Å². The predicted molar refractivity (Wildman–Crippen MR) is 62.9 cm³/mol. The smallest absolute Gasteiger partial charge is 0.222 e. The van der Waals surface area contributed by atoms with E-state index in [1.54, 1.807) is 6.07 Å².